The summed E-state index contributed by atoms with van der Waals surface area (Å²) in [5.74, 6) is -0.409. The molecule has 0 saturated carbocycles. The zero-order valence-corrected chi connectivity index (χ0v) is 12.5. The summed E-state index contributed by atoms with van der Waals surface area (Å²) in [7, 11) is -3.66. The van der Waals surface area contributed by atoms with Gasteiger partial charge in [0.25, 0.3) is 0 Å². The zero-order valence-electron chi connectivity index (χ0n) is 11.7. The minimum absolute atomic E-state index is 0.0239. The van der Waals surface area contributed by atoms with Gasteiger partial charge in [0, 0.05) is 6.04 Å². The average Bonchev–Trinajstić information content (AvgIpc) is 2.24. The topological polar surface area (TPSA) is 72.2 Å². The Morgan fingerprint density at radius 3 is 2.16 bits per heavy atom. The van der Waals surface area contributed by atoms with E-state index in [1.807, 2.05) is 6.92 Å². The number of hydrogen-bond donors (Lipinski definition) is 2. The van der Waals surface area contributed by atoms with Crippen LogP contribution < -0.4 is 10.5 Å². The summed E-state index contributed by atoms with van der Waals surface area (Å²) < 4.78 is 40.5. The van der Waals surface area contributed by atoms with Gasteiger partial charge in [-0.05, 0) is 56.5 Å². The molecule has 19 heavy (non-hydrogen) atoms. The monoisotopic (exact) mass is 288 g/mol. The van der Waals surface area contributed by atoms with E-state index in [-0.39, 0.29) is 16.9 Å². The third-order valence-electron chi connectivity index (χ3n) is 3.26. The Balaban J connectivity index is 3.15. The van der Waals surface area contributed by atoms with Crippen molar-refractivity contribution in [1.29, 1.82) is 0 Å². The van der Waals surface area contributed by atoms with Crippen molar-refractivity contribution in [2.75, 3.05) is 6.54 Å². The van der Waals surface area contributed by atoms with E-state index in [0.29, 0.717) is 17.7 Å². The number of aryl methyl sites for hydroxylation is 2. The third kappa shape index (κ3) is 3.75. The van der Waals surface area contributed by atoms with Gasteiger partial charge >= 0.3 is 0 Å². The molecule has 2 atom stereocenters. The van der Waals surface area contributed by atoms with Crippen molar-refractivity contribution in [1.82, 2.24) is 4.72 Å². The summed E-state index contributed by atoms with van der Waals surface area (Å²) in [6.45, 7) is 7.20. The molecule has 0 aromatic heterocycles. The van der Waals surface area contributed by atoms with Gasteiger partial charge in [-0.2, -0.15) is 0 Å². The first-order valence-electron chi connectivity index (χ1n) is 6.18. The lowest BCUT2D eigenvalue weighted by Gasteiger charge is -2.21. The van der Waals surface area contributed by atoms with Crippen LogP contribution >= 0.6 is 0 Å². The second-order valence-electron chi connectivity index (χ2n) is 4.99. The fourth-order valence-corrected chi connectivity index (χ4v) is 3.75. The number of nitrogens with two attached hydrogens (primary N) is 1. The van der Waals surface area contributed by atoms with Crippen LogP contribution in [0.2, 0.25) is 0 Å². The molecule has 108 valence electrons. The maximum absolute atomic E-state index is 13.2. The SMILES string of the molecule is Cc1cc(F)cc(C)c1S(=O)(=O)NC(C)C(C)CN. The third-order valence-corrected chi connectivity index (χ3v) is 5.12. The standard InChI is InChI=1S/C13H21FN2O2S/c1-8-5-12(14)6-9(2)13(8)19(17,18)16-11(4)10(3)7-15/h5-6,10-11,16H,7,15H2,1-4H3. The molecule has 1 aromatic rings. The largest absolute Gasteiger partial charge is 0.330 e. The van der Waals surface area contributed by atoms with Crippen LogP contribution in [0.25, 0.3) is 0 Å². The predicted octanol–water partition coefficient (Wildman–Crippen LogP) is 1.70. The molecule has 0 bridgehead atoms. The molecule has 0 fully saturated rings. The second-order valence-corrected chi connectivity index (χ2v) is 6.64. The summed E-state index contributed by atoms with van der Waals surface area (Å²) in [5.41, 5.74) is 6.33. The number of benzene rings is 1. The van der Waals surface area contributed by atoms with Gasteiger partial charge in [-0.3, -0.25) is 0 Å². The highest BCUT2D eigenvalue weighted by Crippen LogP contribution is 2.22. The Kier molecular flexibility index (Phi) is 5.06. The lowest BCUT2D eigenvalue weighted by atomic mass is 10.1. The minimum atomic E-state index is -3.66. The molecule has 0 amide bonds. The maximum atomic E-state index is 13.2. The van der Waals surface area contributed by atoms with Crippen LogP contribution in [0.1, 0.15) is 25.0 Å². The summed E-state index contributed by atoms with van der Waals surface area (Å²) in [6, 6.07) is 2.16. The van der Waals surface area contributed by atoms with Crippen LogP contribution in [0, 0.1) is 25.6 Å². The molecule has 2 unspecified atom stereocenters. The van der Waals surface area contributed by atoms with Gasteiger partial charge in [-0.1, -0.05) is 6.92 Å². The fraction of sp³-hybridized carbons (Fsp3) is 0.538. The lowest BCUT2D eigenvalue weighted by molar-refractivity contribution is 0.453. The van der Waals surface area contributed by atoms with Crippen LogP contribution in [0.4, 0.5) is 4.39 Å². The Hall–Kier alpha value is -0.980. The number of sulfonamides is 1. The Morgan fingerprint density at radius 2 is 1.74 bits per heavy atom. The van der Waals surface area contributed by atoms with Crippen molar-refractivity contribution in [2.24, 2.45) is 11.7 Å². The molecule has 0 saturated heterocycles. The summed E-state index contributed by atoms with van der Waals surface area (Å²) >= 11 is 0. The van der Waals surface area contributed by atoms with Crippen molar-refractivity contribution in [3.63, 3.8) is 0 Å². The molecule has 4 nitrogen and oxygen atoms in total. The molecule has 1 rings (SSSR count). The summed E-state index contributed by atoms with van der Waals surface area (Å²) in [5, 5.41) is 0. The number of hydrogen-bond acceptors (Lipinski definition) is 3. The molecule has 3 N–H and O–H groups in total. The molecule has 0 spiro atoms. The highest BCUT2D eigenvalue weighted by Gasteiger charge is 2.24. The molecule has 6 heteroatoms. The van der Waals surface area contributed by atoms with Gasteiger partial charge in [0.2, 0.25) is 10.0 Å². The number of rotatable bonds is 5. The van der Waals surface area contributed by atoms with E-state index in [9.17, 15) is 12.8 Å². The quantitative estimate of drug-likeness (QED) is 0.866. The van der Waals surface area contributed by atoms with E-state index in [1.54, 1.807) is 20.8 Å². The highest BCUT2D eigenvalue weighted by molar-refractivity contribution is 7.89. The molecule has 0 aliphatic carbocycles. The van der Waals surface area contributed by atoms with Crippen LogP contribution in [-0.2, 0) is 10.0 Å². The van der Waals surface area contributed by atoms with Crippen molar-refractivity contribution in [3.8, 4) is 0 Å². The van der Waals surface area contributed by atoms with E-state index in [2.05, 4.69) is 4.72 Å². The predicted molar refractivity (Wildman–Crippen MR) is 73.9 cm³/mol. The first kappa shape index (κ1) is 16.1. The van der Waals surface area contributed by atoms with E-state index < -0.39 is 15.8 Å². The van der Waals surface area contributed by atoms with E-state index >= 15 is 0 Å². The van der Waals surface area contributed by atoms with Crippen molar-refractivity contribution in [2.45, 2.75) is 38.6 Å². The first-order chi connectivity index (χ1) is 8.69. The van der Waals surface area contributed by atoms with E-state index in [0.717, 1.165) is 0 Å². The van der Waals surface area contributed by atoms with Gasteiger partial charge < -0.3 is 5.73 Å². The van der Waals surface area contributed by atoms with Gasteiger partial charge in [-0.15, -0.1) is 0 Å². The molecule has 0 radical (unpaired) electrons. The van der Waals surface area contributed by atoms with Crippen LogP contribution in [-0.4, -0.2) is 21.0 Å². The molecular weight excluding hydrogens is 267 g/mol. The number of nitrogens with one attached hydrogen (secondary N) is 1. The zero-order chi connectivity index (χ0) is 14.8. The average molecular weight is 288 g/mol. The minimum Gasteiger partial charge on any atom is -0.330 e. The second kappa shape index (κ2) is 5.98. The molecule has 1 aromatic carbocycles. The highest BCUT2D eigenvalue weighted by atomic mass is 32.2. The van der Waals surface area contributed by atoms with Crippen molar-refractivity contribution >= 4 is 10.0 Å². The summed E-state index contributed by atoms with van der Waals surface area (Å²) in [6.07, 6.45) is 0. The Labute approximate surface area is 114 Å². The van der Waals surface area contributed by atoms with Gasteiger partial charge in [0.15, 0.2) is 0 Å². The molecule has 0 aliphatic heterocycles. The molecule has 0 heterocycles. The van der Waals surface area contributed by atoms with E-state index in [4.69, 9.17) is 5.73 Å². The molecular formula is C13H21FN2O2S. The van der Waals surface area contributed by atoms with Crippen LogP contribution in [0.15, 0.2) is 17.0 Å². The van der Waals surface area contributed by atoms with Crippen molar-refractivity contribution in [3.05, 3.63) is 29.1 Å². The lowest BCUT2D eigenvalue weighted by Crippen LogP contribution is -2.40. The fourth-order valence-electron chi connectivity index (χ4n) is 1.95. The van der Waals surface area contributed by atoms with E-state index in [1.165, 1.54) is 12.1 Å². The molecule has 0 aliphatic rings. The smallest absolute Gasteiger partial charge is 0.241 e. The van der Waals surface area contributed by atoms with Crippen molar-refractivity contribution < 1.29 is 12.8 Å². The van der Waals surface area contributed by atoms with Gasteiger partial charge in [0.1, 0.15) is 5.82 Å². The van der Waals surface area contributed by atoms with Gasteiger partial charge in [-0.25, -0.2) is 17.5 Å². The Bertz CT molecular complexity index is 535. The summed E-state index contributed by atoms with van der Waals surface area (Å²) in [4.78, 5) is 0.143. The normalized spacial score (nSPS) is 15.3. The number of halogens is 1. The van der Waals surface area contributed by atoms with Gasteiger partial charge in [0.05, 0.1) is 4.90 Å². The van der Waals surface area contributed by atoms with Crippen LogP contribution in [0.5, 0.6) is 0 Å². The Morgan fingerprint density at radius 1 is 1.26 bits per heavy atom. The van der Waals surface area contributed by atoms with Crippen LogP contribution in [0.3, 0.4) is 0 Å². The maximum Gasteiger partial charge on any atom is 0.241 e. The first-order valence-corrected chi connectivity index (χ1v) is 7.66.